The Labute approximate surface area is 124 Å². The molecule has 3 nitrogen and oxygen atoms in total. The fourth-order valence-electron chi connectivity index (χ4n) is 2.50. The highest BCUT2D eigenvalue weighted by molar-refractivity contribution is 5.98. The Balaban J connectivity index is 1.81. The van der Waals surface area contributed by atoms with Gasteiger partial charge in [-0.1, -0.05) is 37.3 Å². The van der Waals surface area contributed by atoms with E-state index in [1.54, 1.807) is 6.20 Å². The van der Waals surface area contributed by atoms with E-state index in [4.69, 9.17) is 5.73 Å². The maximum atomic E-state index is 6.00. The number of nitrogens with zero attached hydrogens (tertiary/aromatic N) is 1. The lowest BCUT2D eigenvalue weighted by molar-refractivity contribution is 0.805. The fraction of sp³-hybridized carbons (Fsp3) is 0.167. The molecule has 0 fully saturated rings. The molecule has 106 valence electrons. The second kappa shape index (κ2) is 5.83. The van der Waals surface area contributed by atoms with Crippen LogP contribution in [0, 0.1) is 0 Å². The number of nitrogens with two attached hydrogens (primary N) is 1. The van der Waals surface area contributed by atoms with Crippen LogP contribution in [-0.2, 0) is 0 Å². The molecule has 0 bridgehead atoms. The molecule has 0 saturated heterocycles. The topological polar surface area (TPSA) is 50.9 Å². The molecule has 3 heteroatoms. The second-order valence-electron chi connectivity index (χ2n) is 5.29. The van der Waals surface area contributed by atoms with Gasteiger partial charge in [-0.2, -0.15) is 0 Å². The van der Waals surface area contributed by atoms with Gasteiger partial charge < -0.3 is 11.1 Å². The first kappa shape index (κ1) is 13.4. The minimum Gasteiger partial charge on any atom is -0.398 e. The highest BCUT2D eigenvalue weighted by Gasteiger charge is 2.08. The van der Waals surface area contributed by atoms with Gasteiger partial charge in [-0.3, -0.25) is 4.98 Å². The highest BCUT2D eigenvalue weighted by Crippen LogP contribution is 2.27. The Kier molecular flexibility index (Phi) is 3.73. The van der Waals surface area contributed by atoms with Crippen LogP contribution >= 0.6 is 0 Å². The van der Waals surface area contributed by atoms with Crippen LogP contribution < -0.4 is 11.1 Å². The molecule has 3 aromatic rings. The zero-order valence-electron chi connectivity index (χ0n) is 12.1. The third kappa shape index (κ3) is 2.82. The van der Waals surface area contributed by atoms with Crippen molar-refractivity contribution in [3.8, 4) is 0 Å². The van der Waals surface area contributed by atoms with Gasteiger partial charge >= 0.3 is 0 Å². The smallest absolute Gasteiger partial charge is 0.0953 e. The lowest BCUT2D eigenvalue weighted by Gasteiger charge is -2.15. The van der Waals surface area contributed by atoms with Crippen molar-refractivity contribution in [2.24, 2.45) is 0 Å². The van der Waals surface area contributed by atoms with Gasteiger partial charge in [0.1, 0.15) is 0 Å². The molecule has 0 amide bonds. The minimum absolute atomic E-state index is 0.433. The summed E-state index contributed by atoms with van der Waals surface area (Å²) in [4.78, 5) is 4.45. The predicted octanol–water partition coefficient (Wildman–Crippen LogP) is 4.03. The largest absolute Gasteiger partial charge is 0.398 e. The number of fused-ring (bicyclic) bond motifs is 1. The van der Waals surface area contributed by atoms with Gasteiger partial charge in [-0.15, -0.1) is 0 Å². The number of nitrogens with one attached hydrogen (secondary N) is 1. The van der Waals surface area contributed by atoms with Gasteiger partial charge in [0, 0.05) is 23.8 Å². The van der Waals surface area contributed by atoms with Crippen molar-refractivity contribution in [1.29, 1.82) is 0 Å². The van der Waals surface area contributed by atoms with Crippen LogP contribution in [-0.4, -0.2) is 11.5 Å². The summed E-state index contributed by atoms with van der Waals surface area (Å²) < 4.78 is 0. The van der Waals surface area contributed by atoms with E-state index in [2.05, 4.69) is 41.5 Å². The van der Waals surface area contributed by atoms with Gasteiger partial charge in [0.25, 0.3) is 0 Å². The van der Waals surface area contributed by atoms with E-state index in [1.165, 1.54) is 5.56 Å². The van der Waals surface area contributed by atoms with Crippen LogP contribution in [0.25, 0.3) is 10.9 Å². The molecular weight excluding hydrogens is 258 g/mol. The maximum absolute atomic E-state index is 6.00. The molecule has 1 atom stereocenters. The van der Waals surface area contributed by atoms with E-state index in [9.17, 15) is 0 Å². The summed E-state index contributed by atoms with van der Waals surface area (Å²) in [6.45, 7) is 3.08. The van der Waals surface area contributed by atoms with Crippen molar-refractivity contribution in [2.75, 3.05) is 17.6 Å². The van der Waals surface area contributed by atoms with Crippen molar-refractivity contribution in [3.05, 3.63) is 66.4 Å². The molecule has 1 unspecified atom stereocenters. The minimum atomic E-state index is 0.433. The van der Waals surface area contributed by atoms with Crippen LogP contribution in [0.4, 0.5) is 11.4 Å². The third-order valence-corrected chi connectivity index (χ3v) is 3.77. The van der Waals surface area contributed by atoms with Gasteiger partial charge in [0.05, 0.1) is 11.2 Å². The Morgan fingerprint density at radius 2 is 1.86 bits per heavy atom. The number of hydrogen-bond donors (Lipinski definition) is 2. The molecule has 0 saturated carbocycles. The van der Waals surface area contributed by atoms with Crippen LogP contribution in [0.15, 0.2) is 60.8 Å². The lowest BCUT2D eigenvalue weighted by atomic mass is 10.0. The average molecular weight is 277 g/mol. The van der Waals surface area contributed by atoms with Crippen molar-refractivity contribution in [2.45, 2.75) is 12.8 Å². The van der Waals surface area contributed by atoms with E-state index in [0.29, 0.717) is 5.92 Å². The molecule has 1 aromatic heterocycles. The zero-order chi connectivity index (χ0) is 14.7. The number of hydrogen-bond acceptors (Lipinski definition) is 3. The Morgan fingerprint density at radius 3 is 2.67 bits per heavy atom. The van der Waals surface area contributed by atoms with Crippen molar-refractivity contribution in [1.82, 2.24) is 4.98 Å². The van der Waals surface area contributed by atoms with E-state index >= 15 is 0 Å². The molecular formula is C18H19N3. The molecule has 3 N–H and O–H groups in total. The summed E-state index contributed by atoms with van der Waals surface area (Å²) in [5.41, 5.74) is 10.1. The first-order chi connectivity index (χ1) is 10.3. The standard InChI is InChI=1S/C18H19N3/c1-13(14-6-3-2-4-7-14)12-21-17-10-9-16(19)15-8-5-11-20-18(15)17/h2-11,13,21H,12,19H2,1H3. The first-order valence-corrected chi connectivity index (χ1v) is 7.18. The van der Waals surface area contributed by atoms with Crippen molar-refractivity contribution >= 4 is 22.3 Å². The van der Waals surface area contributed by atoms with Crippen LogP contribution in [0.1, 0.15) is 18.4 Å². The maximum Gasteiger partial charge on any atom is 0.0953 e. The van der Waals surface area contributed by atoms with Crippen molar-refractivity contribution < 1.29 is 0 Å². The fourth-order valence-corrected chi connectivity index (χ4v) is 2.50. The predicted molar refractivity (Wildman–Crippen MR) is 89.5 cm³/mol. The third-order valence-electron chi connectivity index (χ3n) is 3.77. The molecule has 0 aliphatic heterocycles. The Hall–Kier alpha value is -2.55. The quantitative estimate of drug-likeness (QED) is 0.708. The molecule has 21 heavy (non-hydrogen) atoms. The SMILES string of the molecule is CC(CNc1ccc(N)c2cccnc12)c1ccccc1. The van der Waals surface area contributed by atoms with Crippen molar-refractivity contribution in [3.63, 3.8) is 0 Å². The molecule has 0 aliphatic rings. The lowest BCUT2D eigenvalue weighted by Crippen LogP contribution is -2.10. The van der Waals surface area contributed by atoms with E-state index in [-0.39, 0.29) is 0 Å². The number of pyridine rings is 1. The molecule has 0 aliphatic carbocycles. The van der Waals surface area contributed by atoms with Gasteiger partial charge in [-0.05, 0) is 35.7 Å². The normalized spacial score (nSPS) is 12.2. The summed E-state index contributed by atoms with van der Waals surface area (Å²) in [5.74, 6) is 0.433. The Morgan fingerprint density at radius 1 is 1.05 bits per heavy atom. The zero-order valence-corrected chi connectivity index (χ0v) is 12.1. The number of benzene rings is 2. The summed E-state index contributed by atoms with van der Waals surface area (Å²) in [5, 5.41) is 4.49. The van der Waals surface area contributed by atoms with Crippen LogP contribution in [0.5, 0.6) is 0 Å². The number of nitrogen functional groups attached to an aromatic ring is 1. The van der Waals surface area contributed by atoms with E-state index < -0.39 is 0 Å². The molecule has 0 spiro atoms. The monoisotopic (exact) mass is 277 g/mol. The average Bonchev–Trinajstić information content (AvgIpc) is 2.55. The van der Waals surface area contributed by atoms with E-state index in [1.807, 2.05) is 30.3 Å². The summed E-state index contributed by atoms with van der Waals surface area (Å²) >= 11 is 0. The van der Waals surface area contributed by atoms with Gasteiger partial charge in [0.15, 0.2) is 0 Å². The number of rotatable bonds is 4. The highest BCUT2D eigenvalue weighted by atomic mass is 14.9. The first-order valence-electron chi connectivity index (χ1n) is 7.18. The van der Waals surface area contributed by atoms with E-state index in [0.717, 1.165) is 28.8 Å². The molecule has 0 radical (unpaired) electrons. The number of anilines is 2. The number of aromatic nitrogens is 1. The molecule has 1 heterocycles. The Bertz CT molecular complexity index is 738. The second-order valence-corrected chi connectivity index (χ2v) is 5.29. The summed E-state index contributed by atoms with van der Waals surface area (Å²) in [7, 11) is 0. The van der Waals surface area contributed by atoms with Crippen LogP contribution in [0.3, 0.4) is 0 Å². The summed E-state index contributed by atoms with van der Waals surface area (Å²) in [6.07, 6.45) is 1.80. The summed E-state index contributed by atoms with van der Waals surface area (Å²) in [6, 6.07) is 18.4. The molecule has 3 rings (SSSR count). The van der Waals surface area contributed by atoms with Gasteiger partial charge in [-0.25, -0.2) is 0 Å². The molecule has 2 aromatic carbocycles. The van der Waals surface area contributed by atoms with Gasteiger partial charge in [0.2, 0.25) is 0 Å². The van der Waals surface area contributed by atoms with Crippen LogP contribution in [0.2, 0.25) is 0 Å².